The van der Waals surface area contributed by atoms with Gasteiger partial charge in [-0.25, -0.2) is 4.99 Å². The zero-order valence-corrected chi connectivity index (χ0v) is 11.9. The van der Waals surface area contributed by atoms with Crippen LogP contribution in [0.5, 0.6) is 0 Å². The lowest BCUT2D eigenvalue weighted by Crippen LogP contribution is -2.47. The molecule has 0 unspecified atom stereocenters. The first kappa shape index (κ1) is 12.8. The average molecular weight is 295 g/mol. The molecule has 3 heterocycles. The summed E-state index contributed by atoms with van der Waals surface area (Å²) in [5, 5.41) is 6.55. The molecule has 0 aliphatic carbocycles. The number of nitrogens with zero attached hydrogens (tertiary/aromatic N) is 4. The van der Waals surface area contributed by atoms with Gasteiger partial charge in [-0.3, -0.25) is 20.0 Å². The molecule has 0 atom stereocenters. The highest BCUT2D eigenvalue weighted by molar-refractivity contribution is 6.19. The van der Waals surface area contributed by atoms with Gasteiger partial charge in [-0.15, -0.1) is 0 Å². The van der Waals surface area contributed by atoms with Crippen molar-refractivity contribution in [2.24, 2.45) is 9.98 Å². The summed E-state index contributed by atoms with van der Waals surface area (Å²) in [5.41, 5.74) is 2.74. The largest absolute Gasteiger partial charge is 0.364 e. The Hall–Kier alpha value is -2.96. The van der Waals surface area contributed by atoms with Crippen molar-refractivity contribution >= 4 is 23.4 Å². The van der Waals surface area contributed by atoms with E-state index in [2.05, 4.69) is 20.5 Å². The number of para-hydroxylation sites is 1. The third kappa shape index (κ3) is 1.90. The third-order valence-corrected chi connectivity index (χ3v) is 3.69. The van der Waals surface area contributed by atoms with Crippen LogP contribution in [0.4, 0.5) is 5.69 Å². The number of aliphatic imine (C=N–C) groups is 2. The maximum Gasteiger partial charge on any atom is 0.263 e. The second-order valence-electron chi connectivity index (χ2n) is 5.08. The second kappa shape index (κ2) is 4.80. The Morgan fingerprint density at radius 1 is 1.36 bits per heavy atom. The van der Waals surface area contributed by atoms with E-state index in [1.54, 1.807) is 6.92 Å². The smallest absolute Gasteiger partial charge is 0.263 e. The van der Waals surface area contributed by atoms with Crippen LogP contribution in [0.25, 0.3) is 0 Å². The summed E-state index contributed by atoms with van der Waals surface area (Å²) >= 11 is 0. The van der Waals surface area contributed by atoms with Crippen molar-refractivity contribution < 1.29 is 9.32 Å². The molecule has 7 nitrogen and oxygen atoms in total. The molecule has 0 fully saturated rings. The van der Waals surface area contributed by atoms with Crippen molar-refractivity contribution in [1.29, 1.82) is 0 Å². The third-order valence-electron chi connectivity index (χ3n) is 3.69. The quantitative estimate of drug-likeness (QED) is 0.863. The van der Waals surface area contributed by atoms with Gasteiger partial charge in [0, 0.05) is 12.1 Å². The van der Waals surface area contributed by atoms with E-state index in [0.29, 0.717) is 30.3 Å². The molecule has 1 N–H and O–H groups in total. The molecule has 1 amide bonds. The molecule has 1 aromatic carbocycles. The molecule has 1 aromatic heterocycles. The molecule has 2 aliphatic heterocycles. The van der Waals surface area contributed by atoms with E-state index >= 15 is 0 Å². The molecule has 0 radical (unpaired) electrons. The number of amides is 1. The fraction of sp³-hybridized carbons (Fsp3) is 0.200. The van der Waals surface area contributed by atoms with E-state index in [-0.39, 0.29) is 5.91 Å². The first-order valence-electron chi connectivity index (χ1n) is 6.96. The number of carbonyl (C=O) groups excluding carboxylic acids is 1. The molecule has 110 valence electrons. The first-order valence-corrected chi connectivity index (χ1v) is 6.96. The van der Waals surface area contributed by atoms with Gasteiger partial charge in [-0.2, -0.15) is 0 Å². The molecule has 0 saturated heterocycles. The van der Waals surface area contributed by atoms with E-state index in [1.165, 1.54) is 6.26 Å². The maximum absolute atomic E-state index is 12.3. The standard InChI is InChI=1S/C15H13N5O2/c1-9-11(8-22-19-9)14(21)18-15-17-12-5-3-2-4-10(12)13-16-6-7-20(13)15/h2-5,8H,6-7H2,1H3,(H,17,18,21). The Balaban J connectivity index is 1.70. The van der Waals surface area contributed by atoms with Crippen molar-refractivity contribution in [3.8, 4) is 0 Å². The fourth-order valence-electron chi connectivity index (χ4n) is 2.59. The van der Waals surface area contributed by atoms with E-state index in [1.807, 2.05) is 29.2 Å². The van der Waals surface area contributed by atoms with Crippen molar-refractivity contribution in [2.75, 3.05) is 13.1 Å². The number of benzene rings is 1. The molecule has 4 rings (SSSR count). The van der Waals surface area contributed by atoms with Crippen LogP contribution in [0.2, 0.25) is 0 Å². The molecule has 22 heavy (non-hydrogen) atoms. The summed E-state index contributed by atoms with van der Waals surface area (Å²) in [6.07, 6.45) is 1.33. The zero-order valence-electron chi connectivity index (χ0n) is 11.9. The Morgan fingerprint density at radius 2 is 2.23 bits per heavy atom. The van der Waals surface area contributed by atoms with Crippen LogP contribution in [0, 0.1) is 6.92 Å². The SMILES string of the molecule is Cc1nocc1C(=O)NC1=Nc2ccccc2C2=NCCN12. The van der Waals surface area contributed by atoms with Crippen LogP contribution < -0.4 is 5.32 Å². The van der Waals surface area contributed by atoms with Crippen LogP contribution in [-0.2, 0) is 0 Å². The number of guanidine groups is 1. The summed E-state index contributed by atoms with van der Waals surface area (Å²) in [7, 11) is 0. The first-order chi connectivity index (χ1) is 10.7. The van der Waals surface area contributed by atoms with Crippen molar-refractivity contribution in [1.82, 2.24) is 15.4 Å². The summed E-state index contributed by atoms with van der Waals surface area (Å²) < 4.78 is 4.81. The van der Waals surface area contributed by atoms with Crippen LogP contribution in [-0.4, -0.2) is 40.8 Å². The molecule has 0 saturated carbocycles. The highest BCUT2D eigenvalue weighted by Crippen LogP contribution is 2.27. The topological polar surface area (TPSA) is 83.1 Å². The van der Waals surface area contributed by atoms with Crippen molar-refractivity contribution in [3.05, 3.63) is 47.3 Å². The molecule has 7 heteroatoms. The minimum absolute atomic E-state index is 0.289. The normalized spacial score (nSPS) is 15.8. The predicted molar refractivity (Wildman–Crippen MR) is 80.4 cm³/mol. The summed E-state index contributed by atoms with van der Waals surface area (Å²) in [4.78, 5) is 23.3. The van der Waals surface area contributed by atoms with Crippen LogP contribution in [0.15, 0.2) is 45.0 Å². The average Bonchev–Trinajstić information content (AvgIpc) is 3.16. The highest BCUT2D eigenvalue weighted by atomic mass is 16.5. The van der Waals surface area contributed by atoms with Gasteiger partial charge in [0.15, 0.2) is 0 Å². The van der Waals surface area contributed by atoms with Crippen molar-refractivity contribution in [3.63, 3.8) is 0 Å². The molecule has 2 aromatic rings. The molecule has 0 spiro atoms. The van der Waals surface area contributed by atoms with Gasteiger partial charge >= 0.3 is 0 Å². The monoisotopic (exact) mass is 295 g/mol. The summed E-state index contributed by atoms with van der Waals surface area (Å²) in [5.74, 6) is 1.05. The number of hydrogen-bond acceptors (Lipinski definition) is 6. The number of fused-ring (bicyclic) bond motifs is 3. The predicted octanol–water partition coefficient (Wildman–Crippen LogP) is 1.48. The number of hydrogen-bond donors (Lipinski definition) is 1. The number of carbonyl (C=O) groups is 1. The maximum atomic E-state index is 12.3. The zero-order chi connectivity index (χ0) is 15.1. The number of nitrogens with one attached hydrogen (secondary N) is 1. The van der Waals surface area contributed by atoms with E-state index < -0.39 is 0 Å². The summed E-state index contributed by atoms with van der Waals surface area (Å²) in [6, 6.07) is 7.76. The fourth-order valence-corrected chi connectivity index (χ4v) is 2.59. The summed E-state index contributed by atoms with van der Waals surface area (Å²) in [6.45, 7) is 3.11. The molecule has 0 bridgehead atoms. The van der Waals surface area contributed by atoms with E-state index in [0.717, 1.165) is 17.1 Å². The van der Waals surface area contributed by atoms with Gasteiger partial charge in [0.2, 0.25) is 5.96 Å². The van der Waals surface area contributed by atoms with Crippen LogP contribution in [0.3, 0.4) is 0 Å². The number of aryl methyl sites for hydroxylation is 1. The lowest BCUT2D eigenvalue weighted by Gasteiger charge is -2.27. The lowest BCUT2D eigenvalue weighted by atomic mass is 10.1. The van der Waals surface area contributed by atoms with Gasteiger partial charge in [0.05, 0.1) is 17.9 Å². The van der Waals surface area contributed by atoms with E-state index in [9.17, 15) is 4.79 Å². The Labute approximate surface area is 126 Å². The second-order valence-corrected chi connectivity index (χ2v) is 5.08. The highest BCUT2D eigenvalue weighted by Gasteiger charge is 2.30. The minimum atomic E-state index is -0.289. The molecular weight excluding hydrogens is 282 g/mol. The lowest BCUT2D eigenvalue weighted by molar-refractivity contribution is 0.0973. The van der Waals surface area contributed by atoms with Gasteiger partial charge in [-0.1, -0.05) is 17.3 Å². The molecular formula is C15H13N5O2. The van der Waals surface area contributed by atoms with Gasteiger partial charge < -0.3 is 4.52 Å². The van der Waals surface area contributed by atoms with Gasteiger partial charge in [-0.05, 0) is 19.1 Å². The number of amidine groups is 1. The Kier molecular flexibility index (Phi) is 2.78. The minimum Gasteiger partial charge on any atom is -0.364 e. The van der Waals surface area contributed by atoms with Gasteiger partial charge in [0.1, 0.15) is 17.7 Å². The van der Waals surface area contributed by atoms with E-state index in [4.69, 9.17) is 4.52 Å². The van der Waals surface area contributed by atoms with Crippen LogP contribution in [0.1, 0.15) is 21.6 Å². The van der Waals surface area contributed by atoms with Crippen LogP contribution >= 0.6 is 0 Å². The van der Waals surface area contributed by atoms with Gasteiger partial charge in [0.25, 0.3) is 5.91 Å². The Bertz CT molecular complexity index is 821. The van der Waals surface area contributed by atoms with Crippen molar-refractivity contribution in [2.45, 2.75) is 6.92 Å². The molecule has 2 aliphatic rings. The number of aromatic nitrogens is 1. The number of rotatable bonds is 1. The Morgan fingerprint density at radius 3 is 3.05 bits per heavy atom.